The van der Waals surface area contributed by atoms with Crippen LogP contribution >= 0.6 is 0 Å². The van der Waals surface area contributed by atoms with Gasteiger partial charge in [0.25, 0.3) is 0 Å². The van der Waals surface area contributed by atoms with Gasteiger partial charge in [-0.25, -0.2) is 9.97 Å². The Morgan fingerprint density at radius 1 is 1.19 bits per heavy atom. The Balaban J connectivity index is 1.66. The number of likely N-dealkylation sites (tertiary alicyclic amines) is 1. The minimum absolute atomic E-state index is 0.331. The summed E-state index contributed by atoms with van der Waals surface area (Å²) >= 11 is 0. The monoisotopic (exact) mass is 290 g/mol. The van der Waals surface area contributed by atoms with Gasteiger partial charge < -0.3 is 14.5 Å². The molecule has 0 aromatic carbocycles. The Morgan fingerprint density at radius 3 is 2.86 bits per heavy atom. The van der Waals surface area contributed by atoms with Crippen molar-refractivity contribution in [3.8, 4) is 5.88 Å². The number of aromatic nitrogens is 2. The summed E-state index contributed by atoms with van der Waals surface area (Å²) in [6.45, 7) is 2.83. The van der Waals surface area contributed by atoms with E-state index < -0.39 is 0 Å². The number of hydrogen-bond donors (Lipinski definition) is 0. The molecule has 0 saturated carbocycles. The van der Waals surface area contributed by atoms with E-state index in [2.05, 4.69) is 19.8 Å². The molecule has 3 rings (SSSR count). The van der Waals surface area contributed by atoms with Crippen LogP contribution in [0.2, 0.25) is 0 Å². The summed E-state index contributed by atoms with van der Waals surface area (Å²) in [5.41, 5.74) is 0. The molecule has 21 heavy (non-hydrogen) atoms. The molecule has 2 fully saturated rings. The zero-order chi connectivity index (χ0) is 14.7. The van der Waals surface area contributed by atoms with Gasteiger partial charge in [-0.05, 0) is 25.7 Å². The van der Waals surface area contributed by atoms with Crippen molar-refractivity contribution < 1.29 is 9.53 Å². The SMILES string of the molecule is COc1cc(N2CCCC(N3CCCC3=O)CC2)ncn1. The lowest BCUT2D eigenvalue weighted by Gasteiger charge is -2.27. The predicted molar refractivity (Wildman–Crippen MR) is 79.4 cm³/mol. The van der Waals surface area contributed by atoms with Gasteiger partial charge in [-0.3, -0.25) is 4.79 Å². The first kappa shape index (κ1) is 14.1. The molecule has 1 amide bonds. The van der Waals surface area contributed by atoms with Crippen molar-refractivity contribution in [2.75, 3.05) is 31.6 Å². The van der Waals surface area contributed by atoms with E-state index in [1.54, 1.807) is 13.4 Å². The third kappa shape index (κ3) is 3.09. The maximum Gasteiger partial charge on any atom is 0.222 e. The molecule has 2 aliphatic heterocycles. The normalized spacial score (nSPS) is 23.3. The van der Waals surface area contributed by atoms with E-state index >= 15 is 0 Å². The molecular formula is C15H22N4O2. The molecule has 6 nitrogen and oxygen atoms in total. The lowest BCUT2D eigenvalue weighted by Crippen LogP contribution is -2.37. The number of hydrogen-bond acceptors (Lipinski definition) is 5. The van der Waals surface area contributed by atoms with Crippen LogP contribution in [0.15, 0.2) is 12.4 Å². The number of methoxy groups -OCH3 is 1. The zero-order valence-electron chi connectivity index (χ0n) is 12.5. The number of amides is 1. The van der Waals surface area contributed by atoms with E-state index in [1.165, 1.54) is 0 Å². The highest BCUT2D eigenvalue weighted by molar-refractivity contribution is 5.78. The lowest BCUT2D eigenvalue weighted by molar-refractivity contribution is -0.129. The van der Waals surface area contributed by atoms with Crippen LogP contribution in [0, 0.1) is 0 Å². The molecule has 2 saturated heterocycles. The van der Waals surface area contributed by atoms with E-state index in [9.17, 15) is 4.79 Å². The topological polar surface area (TPSA) is 58.6 Å². The van der Waals surface area contributed by atoms with Crippen LogP contribution in [0.1, 0.15) is 32.1 Å². The van der Waals surface area contributed by atoms with Crippen molar-refractivity contribution in [3.63, 3.8) is 0 Å². The first-order valence-electron chi connectivity index (χ1n) is 7.68. The molecule has 3 heterocycles. The average Bonchev–Trinajstić information content (AvgIpc) is 2.80. The minimum atomic E-state index is 0.331. The lowest BCUT2D eigenvalue weighted by atomic mass is 10.1. The van der Waals surface area contributed by atoms with Crippen LogP contribution in [-0.2, 0) is 4.79 Å². The molecule has 0 bridgehead atoms. The Bertz CT molecular complexity index is 508. The number of anilines is 1. The van der Waals surface area contributed by atoms with Crippen molar-refractivity contribution in [3.05, 3.63) is 12.4 Å². The largest absolute Gasteiger partial charge is 0.481 e. The van der Waals surface area contributed by atoms with E-state index in [4.69, 9.17) is 4.74 Å². The van der Waals surface area contributed by atoms with Crippen molar-refractivity contribution in [1.82, 2.24) is 14.9 Å². The summed E-state index contributed by atoms with van der Waals surface area (Å²) in [5.74, 6) is 1.84. The highest BCUT2D eigenvalue weighted by Crippen LogP contribution is 2.25. The standard InChI is InChI=1S/C15H22N4O2/c1-21-14-10-13(16-11-17-14)18-7-2-4-12(6-9-18)19-8-3-5-15(19)20/h10-12H,2-9H2,1H3. The summed E-state index contributed by atoms with van der Waals surface area (Å²) in [7, 11) is 1.61. The zero-order valence-corrected chi connectivity index (χ0v) is 12.5. The van der Waals surface area contributed by atoms with Gasteiger partial charge >= 0.3 is 0 Å². The molecule has 2 aliphatic rings. The molecule has 1 atom stereocenters. The minimum Gasteiger partial charge on any atom is -0.481 e. The van der Waals surface area contributed by atoms with Crippen LogP contribution in [0.5, 0.6) is 5.88 Å². The molecule has 0 spiro atoms. The Hall–Kier alpha value is -1.85. The Labute approximate surface area is 125 Å². The smallest absolute Gasteiger partial charge is 0.222 e. The maximum absolute atomic E-state index is 11.9. The van der Waals surface area contributed by atoms with Crippen LogP contribution in [0.3, 0.4) is 0 Å². The van der Waals surface area contributed by atoms with Crippen molar-refractivity contribution >= 4 is 11.7 Å². The van der Waals surface area contributed by atoms with Gasteiger partial charge in [0.05, 0.1) is 7.11 Å². The molecule has 114 valence electrons. The third-order valence-corrected chi connectivity index (χ3v) is 4.41. The van der Waals surface area contributed by atoms with Gasteiger partial charge in [0.15, 0.2) is 0 Å². The summed E-state index contributed by atoms with van der Waals surface area (Å²) in [4.78, 5) is 24.6. The summed E-state index contributed by atoms with van der Waals surface area (Å²) in [6, 6.07) is 2.27. The first-order chi connectivity index (χ1) is 10.3. The highest BCUT2D eigenvalue weighted by atomic mass is 16.5. The van der Waals surface area contributed by atoms with Crippen molar-refractivity contribution in [2.45, 2.75) is 38.1 Å². The predicted octanol–water partition coefficient (Wildman–Crippen LogP) is 1.47. The van der Waals surface area contributed by atoms with Gasteiger partial charge in [-0.15, -0.1) is 0 Å². The molecule has 0 radical (unpaired) electrons. The van der Waals surface area contributed by atoms with Crippen molar-refractivity contribution in [2.24, 2.45) is 0 Å². The second-order valence-electron chi connectivity index (χ2n) is 5.68. The molecule has 1 aromatic heterocycles. The third-order valence-electron chi connectivity index (χ3n) is 4.41. The number of rotatable bonds is 3. The molecule has 0 N–H and O–H groups in total. The number of nitrogens with zero attached hydrogens (tertiary/aromatic N) is 4. The fourth-order valence-corrected chi connectivity index (χ4v) is 3.29. The van der Waals surface area contributed by atoms with E-state index in [0.29, 0.717) is 17.8 Å². The van der Waals surface area contributed by atoms with Crippen LogP contribution in [0.4, 0.5) is 5.82 Å². The second kappa shape index (κ2) is 6.28. The van der Waals surface area contributed by atoms with Gasteiger partial charge in [-0.1, -0.05) is 0 Å². The van der Waals surface area contributed by atoms with Gasteiger partial charge in [0.2, 0.25) is 11.8 Å². The molecular weight excluding hydrogens is 268 g/mol. The molecule has 1 unspecified atom stereocenters. The fourth-order valence-electron chi connectivity index (χ4n) is 3.29. The first-order valence-corrected chi connectivity index (χ1v) is 7.68. The van der Waals surface area contributed by atoms with E-state index in [0.717, 1.165) is 57.6 Å². The van der Waals surface area contributed by atoms with Gasteiger partial charge in [-0.2, -0.15) is 0 Å². The van der Waals surface area contributed by atoms with Gasteiger partial charge in [0, 0.05) is 38.2 Å². The maximum atomic E-state index is 11.9. The Kier molecular flexibility index (Phi) is 4.22. The molecule has 6 heteroatoms. The van der Waals surface area contributed by atoms with Crippen molar-refractivity contribution in [1.29, 1.82) is 0 Å². The van der Waals surface area contributed by atoms with E-state index in [1.807, 2.05) is 6.07 Å². The fraction of sp³-hybridized carbons (Fsp3) is 0.667. The Morgan fingerprint density at radius 2 is 2.10 bits per heavy atom. The quantitative estimate of drug-likeness (QED) is 0.843. The number of carbonyl (C=O) groups is 1. The van der Waals surface area contributed by atoms with Crippen LogP contribution < -0.4 is 9.64 Å². The highest BCUT2D eigenvalue weighted by Gasteiger charge is 2.29. The van der Waals surface area contributed by atoms with Gasteiger partial charge in [0.1, 0.15) is 12.1 Å². The molecule has 1 aromatic rings. The van der Waals surface area contributed by atoms with Crippen LogP contribution in [-0.4, -0.2) is 53.6 Å². The summed E-state index contributed by atoms with van der Waals surface area (Å²) < 4.78 is 5.16. The van der Waals surface area contributed by atoms with E-state index in [-0.39, 0.29) is 0 Å². The average molecular weight is 290 g/mol. The summed E-state index contributed by atoms with van der Waals surface area (Å²) in [5, 5.41) is 0. The number of carbonyl (C=O) groups excluding carboxylic acids is 1. The van der Waals surface area contributed by atoms with Crippen LogP contribution in [0.25, 0.3) is 0 Å². The molecule has 0 aliphatic carbocycles. The number of ether oxygens (including phenoxy) is 1. The summed E-state index contributed by atoms with van der Waals surface area (Å²) in [6.07, 6.45) is 6.47. The second-order valence-corrected chi connectivity index (χ2v) is 5.68.